The quantitative estimate of drug-likeness (QED) is 0.735. The number of methoxy groups -OCH3 is 1. The number of halogens is 1. The Bertz CT molecular complexity index is 506. The summed E-state index contributed by atoms with van der Waals surface area (Å²) in [5, 5.41) is 5.99. The topological polar surface area (TPSA) is 67.4 Å². The van der Waals surface area contributed by atoms with E-state index < -0.39 is 0 Å². The fourth-order valence-corrected chi connectivity index (χ4v) is 2.21. The van der Waals surface area contributed by atoms with Gasteiger partial charge in [-0.05, 0) is 31.0 Å². The summed E-state index contributed by atoms with van der Waals surface area (Å²) < 4.78 is 5.47. The maximum Gasteiger partial charge on any atom is 0.337 e. The number of hydrogen-bond acceptors (Lipinski definition) is 4. The maximum absolute atomic E-state index is 11.7. The number of carbonyl (C=O) groups excluding carboxylic acids is 2. The minimum Gasteiger partial charge on any atom is -0.465 e. The van der Waals surface area contributed by atoms with Gasteiger partial charge in [-0.25, -0.2) is 4.79 Å². The van der Waals surface area contributed by atoms with E-state index in [2.05, 4.69) is 31.3 Å². The third kappa shape index (κ3) is 5.47. The third-order valence-corrected chi connectivity index (χ3v) is 3.75. The van der Waals surface area contributed by atoms with E-state index in [0.29, 0.717) is 18.7 Å². The van der Waals surface area contributed by atoms with E-state index in [-0.39, 0.29) is 17.9 Å². The molecule has 1 amide bonds. The molecular formula is C15H21BrN2O3. The molecule has 116 valence electrons. The summed E-state index contributed by atoms with van der Waals surface area (Å²) in [7, 11) is 1.35. The number of esters is 1. The summed E-state index contributed by atoms with van der Waals surface area (Å²) in [5.41, 5.74) is 1.46. The van der Waals surface area contributed by atoms with Gasteiger partial charge in [0.1, 0.15) is 0 Å². The van der Waals surface area contributed by atoms with Crippen molar-refractivity contribution in [1.82, 2.24) is 10.6 Å². The molecule has 0 radical (unpaired) electrons. The van der Waals surface area contributed by atoms with Crippen LogP contribution in [0, 0.1) is 0 Å². The minimum absolute atomic E-state index is 0.0147. The van der Waals surface area contributed by atoms with Crippen LogP contribution in [-0.2, 0) is 16.1 Å². The molecule has 0 aliphatic heterocycles. The Morgan fingerprint density at radius 1 is 1.38 bits per heavy atom. The van der Waals surface area contributed by atoms with E-state index in [1.54, 1.807) is 12.1 Å². The van der Waals surface area contributed by atoms with Crippen molar-refractivity contribution < 1.29 is 14.3 Å². The number of amides is 1. The highest BCUT2D eigenvalue weighted by atomic mass is 79.9. The van der Waals surface area contributed by atoms with Crippen LogP contribution in [0.15, 0.2) is 22.7 Å². The first-order valence-electron chi connectivity index (χ1n) is 6.87. The Morgan fingerprint density at radius 2 is 2.10 bits per heavy atom. The molecular weight excluding hydrogens is 336 g/mol. The van der Waals surface area contributed by atoms with Crippen molar-refractivity contribution in [2.24, 2.45) is 0 Å². The van der Waals surface area contributed by atoms with Crippen LogP contribution in [-0.4, -0.2) is 31.6 Å². The van der Waals surface area contributed by atoms with Gasteiger partial charge in [-0.15, -0.1) is 0 Å². The zero-order valence-electron chi connectivity index (χ0n) is 12.5. The fourth-order valence-electron chi connectivity index (χ4n) is 1.69. The zero-order valence-corrected chi connectivity index (χ0v) is 14.1. The SMILES string of the molecule is CCCNC(=O)C(C)NCc1ccc(C(=O)OC)cc1Br. The first-order chi connectivity index (χ1) is 9.99. The van der Waals surface area contributed by atoms with E-state index in [0.717, 1.165) is 16.5 Å². The highest BCUT2D eigenvalue weighted by Crippen LogP contribution is 2.19. The minimum atomic E-state index is -0.373. The third-order valence-electron chi connectivity index (χ3n) is 3.02. The van der Waals surface area contributed by atoms with Crippen molar-refractivity contribution in [3.63, 3.8) is 0 Å². The molecule has 1 aromatic carbocycles. The van der Waals surface area contributed by atoms with Crippen molar-refractivity contribution in [1.29, 1.82) is 0 Å². The number of carbonyl (C=O) groups is 2. The lowest BCUT2D eigenvalue weighted by atomic mass is 10.1. The summed E-state index contributed by atoms with van der Waals surface area (Å²) >= 11 is 3.43. The molecule has 2 N–H and O–H groups in total. The second kappa shape index (κ2) is 8.79. The molecule has 1 atom stereocenters. The molecule has 6 heteroatoms. The molecule has 0 aliphatic rings. The van der Waals surface area contributed by atoms with Crippen molar-refractivity contribution >= 4 is 27.8 Å². The van der Waals surface area contributed by atoms with E-state index in [1.807, 2.05) is 19.9 Å². The van der Waals surface area contributed by atoms with Gasteiger partial charge in [0.15, 0.2) is 0 Å². The summed E-state index contributed by atoms with van der Waals surface area (Å²) in [6.07, 6.45) is 0.916. The van der Waals surface area contributed by atoms with Gasteiger partial charge in [-0.2, -0.15) is 0 Å². The van der Waals surface area contributed by atoms with Crippen LogP contribution < -0.4 is 10.6 Å². The predicted octanol–water partition coefficient (Wildman–Crippen LogP) is 2.24. The van der Waals surface area contributed by atoms with E-state index in [1.165, 1.54) is 7.11 Å². The van der Waals surface area contributed by atoms with E-state index in [4.69, 9.17) is 0 Å². The average molecular weight is 357 g/mol. The van der Waals surface area contributed by atoms with Crippen LogP contribution in [0.1, 0.15) is 36.2 Å². The normalized spacial score (nSPS) is 11.8. The van der Waals surface area contributed by atoms with E-state index in [9.17, 15) is 9.59 Å². The summed E-state index contributed by atoms with van der Waals surface area (Å²) in [6.45, 7) is 5.05. The molecule has 0 fully saturated rings. The number of nitrogens with one attached hydrogen (secondary N) is 2. The monoisotopic (exact) mass is 356 g/mol. The molecule has 1 rings (SSSR count). The number of ether oxygens (including phenoxy) is 1. The first-order valence-corrected chi connectivity index (χ1v) is 7.66. The smallest absolute Gasteiger partial charge is 0.337 e. The molecule has 1 unspecified atom stereocenters. The molecule has 1 aromatic rings. The molecule has 0 bridgehead atoms. The number of hydrogen-bond donors (Lipinski definition) is 2. The number of rotatable bonds is 7. The standard InChI is InChI=1S/C15H21BrN2O3/c1-4-7-17-14(19)10(2)18-9-12-6-5-11(8-13(12)16)15(20)21-3/h5-6,8,10,18H,4,7,9H2,1-3H3,(H,17,19). The van der Waals surface area contributed by atoms with Crippen LogP contribution in [0.25, 0.3) is 0 Å². The van der Waals surface area contributed by atoms with Crippen LogP contribution in [0.5, 0.6) is 0 Å². The van der Waals surface area contributed by atoms with Crippen molar-refractivity contribution in [2.75, 3.05) is 13.7 Å². The summed E-state index contributed by atoms with van der Waals surface area (Å²) in [5.74, 6) is -0.387. The molecule has 0 heterocycles. The molecule has 21 heavy (non-hydrogen) atoms. The second-order valence-electron chi connectivity index (χ2n) is 4.69. The van der Waals surface area contributed by atoms with Gasteiger partial charge in [-0.1, -0.05) is 28.9 Å². The van der Waals surface area contributed by atoms with Gasteiger partial charge >= 0.3 is 5.97 Å². The Hall–Kier alpha value is -1.40. The van der Waals surface area contributed by atoms with Gasteiger partial charge in [0, 0.05) is 17.6 Å². The van der Waals surface area contributed by atoms with Gasteiger partial charge in [0.2, 0.25) is 5.91 Å². The Morgan fingerprint density at radius 3 is 2.67 bits per heavy atom. The highest BCUT2D eigenvalue weighted by molar-refractivity contribution is 9.10. The van der Waals surface area contributed by atoms with Crippen LogP contribution >= 0.6 is 15.9 Å². The Labute approximate surface area is 133 Å². The van der Waals surface area contributed by atoms with Crippen LogP contribution in [0.2, 0.25) is 0 Å². The Balaban J connectivity index is 2.59. The first kappa shape index (κ1) is 17.7. The van der Waals surface area contributed by atoms with Gasteiger partial charge in [0.25, 0.3) is 0 Å². The zero-order chi connectivity index (χ0) is 15.8. The van der Waals surface area contributed by atoms with Gasteiger partial charge in [-0.3, -0.25) is 4.79 Å². The molecule has 0 aliphatic carbocycles. The fraction of sp³-hybridized carbons (Fsp3) is 0.467. The van der Waals surface area contributed by atoms with Gasteiger partial charge < -0.3 is 15.4 Å². The molecule has 0 saturated heterocycles. The van der Waals surface area contributed by atoms with Crippen LogP contribution in [0.4, 0.5) is 0 Å². The lowest BCUT2D eigenvalue weighted by molar-refractivity contribution is -0.122. The van der Waals surface area contributed by atoms with Crippen LogP contribution in [0.3, 0.4) is 0 Å². The van der Waals surface area contributed by atoms with Gasteiger partial charge in [0.05, 0.1) is 18.7 Å². The van der Waals surface area contributed by atoms with Crippen molar-refractivity contribution in [2.45, 2.75) is 32.9 Å². The lowest BCUT2D eigenvalue weighted by Gasteiger charge is -2.14. The van der Waals surface area contributed by atoms with E-state index >= 15 is 0 Å². The Kier molecular flexibility index (Phi) is 7.39. The molecule has 0 aromatic heterocycles. The molecule has 0 spiro atoms. The van der Waals surface area contributed by atoms with Crippen molar-refractivity contribution in [3.8, 4) is 0 Å². The summed E-state index contributed by atoms with van der Waals surface area (Å²) in [4.78, 5) is 23.2. The van der Waals surface area contributed by atoms with Crippen molar-refractivity contribution in [3.05, 3.63) is 33.8 Å². The average Bonchev–Trinajstić information content (AvgIpc) is 2.50. The number of benzene rings is 1. The molecule has 0 saturated carbocycles. The lowest BCUT2D eigenvalue weighted by Crippen LogP contribution is -2.42. The largest absolute Gasteiger partial charge is 0.465 e. The highest BCUT2D eigenvalue weighted by Gasteiger charge is 2.13. The second-order valence-corrected chi connectivity index (χ2v) is 5.55. The maximum atomic E-state index is 11.7. The summed E-state index contributed by atoms with van der Waals surface area (Å²) in [6, 6.07) is 4.98. The molecule has 5 nitrogen and oxygen atoms in total. The predicted molar refractivity (Wildman–Crippen MR) is 85.1 cm³/mol.